The summed E-state index contributed by atoms with van der Waals surface area (Å²) in [5, 5.41) is 5.93. The molecule has 0 aromatic rings. The average molecular weight is 441 g/mol. The first-order chi connectivity index (χ1) is 14.4. The lowest BCUT2D eigenvalue weighted by Crippen LogP contribution is -2.57. The molecule has 9 heteroatoms. The van der Waals surface area contributed by atoms with Crippen LogP contribution in [0.25, 0.3) is 0 Å². The second-order valence-corrected chi connectivity index (χ2v) is 9.08. The fourth-order valence-corrected chi connectivity index (χ4v) is 4.25. The number of alkyl carbamates (subject to hydrolysis) is 1. The van der Waals surface area contributed by atoms with E-state index < -0.39 is 30.4 Å². The molecule has 0 aromatic carbocycles. The number of unbranched alkanes of at least 4 members (excludes halogenated alkanes) is 2. The van der Waals surface area contributed by atoms with Crippen molar-refractivity contribution in [3.8, 4) is 0 Å². The molecule has 0 bridgehead atoms. The van der Waals surface area contributed by atoms with Gasteiger partial charge >= 0.3 is 18.0 Å². The molecule has 2 N–H and O–H groups in total. The van der Waals surface area contributed by atoms with Crippen molar-refractivity contribution < 1.29 is 33.4 Å². The van der Waals surface area contributed by atoms with Gasteiger partial charge in [-0.05, 0) is 50.9 Å². The van der Waals surface area contributed by atoms with Crippen LogP contribution < -0.4 is 10.6 Å². The topological polar surface area (TPSA) is 120 Å². The van der Waals surface area contributed by atoms with E-state index in [4.69, 9.17) is 9.47 Å². The van der Waals surface area contributed by atoms with Crippen molar-refractivity contribution >= 4 is 23.9 Å². The summed E-state index contributed by atoms with van der Waals surface area (Å²) in [6.45, 7) is 10.8. The van der Waals surface area contributed by atoms with Crippen molar-refractivity contribution in [2.45, 2.75) is 84.2 Å². The van der Waals surface area contributed by atoms with Crippen molar-refractivity contribution in [2.24, 2.45) is 5.41 Å². The molecule has 176 valence electrons. The second kappa shape index (κ2) is 12.3. The van der Waals surface area contributed by atoms with E-state index in [9.17, 15) is 19.2 Å². The van der Waals surface area contributed by atoms with E-state index in [1.165, 1.54) is 6.92 Å². The molecule has 1 aliphatic rings. The quantitative estimate of drug-likeness (QED) is 0.219. The summed E-state index contributed by atoms with van der Waals surface area (Å²) in [5.41, 5.74) is -0.489. The number of nitrogens with one attached hydrogen (secondary N) is 2. The Morgan fingerprint density at radius 2 is 1.74 bits per heavy atom. The monoisotopic (exact) mass is 440 g/mol. The van der Waals surface area contributed by atoms with Crippen LogP contribution in [0.5, 0.6) is 0 Å². The summed E-state index contributed by atoms with van der Waals surface area (Å²) in [6.07, 6.45) is 4.86. The molecule has 1 fully saturated rings. The minimum absolute atomic E-state index is 0.00611. The van der Waals surface area contributed by atoms with Gasteiger partial charge in [0.1, 0.15) is 0 Å². The van der Waals surface area contributed by atoms with Gasteiger partial charge in [-0.2, -0.15) is 0 Å². The van der Waals surface area contributed by atoms with Gasteiger partial charge in [-0.15, -0.1) is 0 Å². The van der Waals surface area contributed by atoms with Crippen LogP contribution in [0.15, 0.2) is 12.7 Å². The van der Waals surface area contributed by atoms with Gasteiger partial charge in [0, 0.05) is 31.0 Å². The highest BCUT2D eigenvalue weighted by Crippen LogP contribution is 2.41. The number of ether oxygens (including phenoxy) is 3. The van der Waals surface area contributed by atoms with Crippen molar-refractivity contribution in [2.75, 3.05) is 13.4 Å². The van der Waals surface area contributed by atoms with E-state index >= 15 is 0 Å². The zero-order chi connectivity index (χ0) is 23.5. The zero-order valence-electron chi connectivity index (χ0n) is 19.1. The third-order valence-electron chi connectivity index (χ3n) is 5.02. The van der Waals surface area contributed by atoms with Crippen LogP contribution >= 0.6 is 0 Å². The highest BCUT2D eigenvalue weighted by molar-refractivity contribution is 5.81. The largest absolute Gasteiger partial charge is 0.450 e. The number of hydrogen-bond acceptors (Lipinski definition) is 7. The van der Waals surface area contributed by atoms with Gasteiger partial charge in [-0.1, -0.05) is 20.4 Å². The predicted molar refractivity (Wildman–Crippen MR) is 114 cm³/mol. The third-order valence-corrected chi connectivity index (χ3v) is 5.02. The molecular formula is C22H36N2O7. The molecule has 1 aliphatic carbocycles. The van der Waals surface area contributed by atoms with E-state index in [-0.39, 0.29) is 30.4 Å². The predicted octanol–water partition coefficient (Wildman–Crippen LogP) is 2.98. The van der Waals surface area contributed by atoms with E-state index in [0.717, 1.165) is 18.9 Å². The van der Waals surface area contributed by atoms with Crippen LogP contribution in [-0.4, -0.2) is 48.9 Å². The molecule has 0 saturated heterocycles. The van der Waals surface area contributed by atoms with E-state index in [2.05, 4.69) is 35.8 Å². The molecule has 31 heavy (non-hydrogen) atoms. The Hall–Kier alpha value is -2.58. The number of amides is 2. The van der Waals surface area contributed by atoms with E-state index in [1.807, 2.05) is 6.92 Å². The summed E-state index contributed by atoms with van der Waals surface area (Å²) >= 11 is 0. The Kier molecular flexibility index (Phi) is 10.5. The molecule has 1 saturated carbocycles. The van der Waals surface area contributed by atoms with E-state index in [0.29, 0.717) is 25.7 Å². The summed E-state index contributed by atoms with van der Waals surface area (Å²) in [4.78, 5) is 46.0. The Morgan fingerprint density at radius 1 is 1.03 bits per heavy atom. The maximum atomic E-state index is 12.3. The average Bonchev–Trinajstić information content (AvgIpc) is 2.61. The summed E-state index contributed by atoms with van der Waals surface area (Å²) in [5.74, 6) is -1.19. The SMILES string of the molecule is C=CC(=O)OCOC(=O)CCCCCOC(=O)NC1(C)CC(NC(C)=O)CC(C)(C)C1. The van der Waals surface area contributed by atoms with Crippen molar-refractivity contribution in [1.29, 1.82) is 0 Å². The number of carbonyl (C=O) groups is 4. The van der Waals surface area contributed by atoms with Gasteiger partial charge in [0.25, 0.3) is 0 Å². The lowest BCUT2D eigenvalue weighted by Gasteiger charge is -2.46. The summed E-state index contributed by atoms with van der Waals surface area (Å²) in [7, 11) is 0. The molecular weight excluding hydrogens is 404 g/mol. The van der Waals surface area contributed by atoms with Crippen LogP contribution in [0, 0.1) is 5.41 Å². The Bertz CT molecular complexity index is 662. The molecule has 0 heterocycles. The van der Waals surface area contributed by atoms with Crippen LogP contribution in [-0.2, 0) is 28.6 Å². The second-order valence-electron chi connectivity index (χ2n) is 9.08. The lowest BCUT2D eigenvalue weighted by atomic mass is 9.67. The van der Waals surface area contributed by atoms with Gasteiger partial charge < -0.3 is 24.8 Å². The number of esters is 2. The number of carbonyl (C=O) groups excluding carboxylic acids is 4. The van der Waals surface area contributed by atoms with Crippen LogP contribution in [0.4, 0.5) is 4.79 Å². The standard InChI is InChI=1S/C22H36N2O7/c1-6-18(26)30-15-31-19(27)10-8-7-9-11-29-20(28)24-22(5)13-17(23-16(2)25)12-21(3,4)14-22/h6,17H,1,7-15H2,2-5H3,(H,23,25)(H,24,28). The fraction of sp³-hybridized carbons (Fsp3) is 0.727. The van der Waals surface area contributed by atoms with E-state index in [1.54, 1.807) is 0 Å². The van der Waals surface area contributed by atoms with Crippen molar-refractivity contribution in [1.82, 2.24) is 10.6 Å². The fourth-order valence-electron chi connectivity index (χ4n) is 4.25. The number of rotatable bonds is 11. The lowest BCUT2D eigenvalue weighted by molar-refractivity contribution is -0.164. The molecule has 0 radical (unpaired) electrons. The van der Waals surface area contributed by atoms with Gasteiger partial charge in [0.15, 0.2) is 0 Å². The molecule has 2 atom stereocenters. The third kappa shape index (κ3) is 11.4. The highest BCUT2D eigenvalue weighted by Gasteiger charge is 2.42. The van der Waals surface area contributed by atoms with Crippen molar-refractivity contribution in [3.05, 3.63) is 12.7 Å². The Morgan fingerprint density at radius 3 is 2.39 bits per heavy atom. The molecule has 0 aromatic heterocycles. The van der Waals surface area contributed by atoms with Gasteiger partial charge in [-0.3, -0.25) is 9.59 Å². The van der Waals surface area contributed by atoms with Crippen LogP contribution in [0.3, 0.4) is 0 Å². The molecule has 1 rings (SSSR count). The Labute approximate surface area is 184 Å². The summed E-state index contributed by atoms with van der Waals surface area (Å²) < 4.78 is 14.6. The number of hydrogen-bond donors (Lipinski definition) is 2. The molecule has 2 unspecified atom stereocenters. The molecule has 9 nitrogen and oxygen atoms in total. The van der Waals surface area contributed by atoms with Gasteiger partial charge in [0.05, 0.1) is 6.61 Å². The van der Waals surface area contributed by atoms with Gasteiger partial charge in [-0.25, -0.2) is 9.59 Å². The van der Waals surface area contributed by atoms with Crippen LogP contribution in [0.2, 0.25) is 0 Å². The maximum absolute atomic E-state index is 12.3. The highest BCUT2D eigenvalue weighted by atomic mass is 16.7. The normalized spacial score (nSPS) is 22.0. The Balaban J connectivity index is 2.24. The maximum Gasteiger partial charge on any atom is 0.407 e. The summed E-state index contributed by atoms with van der Waals surface area (Å²) in [6, 6.07) is 0.00611. The first-order valence-electron chi connectivity index (χ1n) is 10.6. The molecule has 0 aliphatic heterocycles. The first-order valence-corrected chi connectivity index (χ1v) is 10.6. The minimum atomic E-state index is -0.653. The van der Waals surface area contributed by atoms with Gasteiger partial charge in [0.2, 0.25) is 12.7 Å². The molecule has 2 amide bonds. The smallest absolute Gasteiger partial charge is 0.407 e. The first kappa shape index (κ1) is 26.5. The van der Waals surface area contributed by atoms with Crippen molar-refractivity contribution in [3.63, 3.8) is 0 Å². The molecule has 0 spiro atoms. The minimum Gasteiger partial charge on any atom is -0.450 e. The van der Waals surface area contributed by atoms with Crippen LogP contribution in [0.1, 0.15) is 72.6 Å². The zero-order valence-corrected chi connectivity index (χ0v) is 19.1.